The quantitative estimate of drug-likeness (QED) is 0.393. The molecule has 0 heterocycles. The lowest BCUT2D eigenvalue weighted by molar-refractivity contribution is 1.22. The minimum atomic E-state index is 0. The van der Waals surface area contributed by atoms with Gasteiger partial charge in [0.2, 0.25) is 0 Å². The van der Waals surface area contributed by atoms with E-state index in [0.29, 0.717) is 0 Å². The summed E-state index contributed by atoms with van der Waals surface area (Å²) in [5.74, 6) is 0. The van der Waals surface area contributed by atoms with Crippen LogP contribution in [-0.2, 0) is 0 Å². The van der Waals surface area contributed by atoms with Crippen molar-refractivity contribution in [3.8, 4) is 0 Å². The Bertz CT molecular complexity index is 342. The van der Waals surface area contributed by atoms with Gasteiger partial charge in [0.25, 0.3) is 0 Å². The molecule has 3 aliphatic rings. The zero-order valence-corrected chi connectivity index (χ0v) is 18.9. The van der Waals surface area contributed by atoms with Crippen molar-refractivity contribution in [1.82, 2.24) is 0 Å². The summed E-state index contributed by atoms with van der Waals surface area (Å²) in [5.41, 5.74) is 2.96. The van der Waals surface area contributed by atoms with Gasteiger partial charge in [-0.25, -0.2) is 0 Å². The minimum absolute atomic E-state index is 0. The van der Waals surface area contributed by atoms with Crippen LogP contribution >= 0.6 is 0 Å². The highest BCUT2D eigenvalue weighted by molar-refractivity contribution is 5.30. The van der Waals surface area contributed by atoms with Crippen LogP contribution in [0, 0.1) is 0 Å². The topological polar surface area (TPSA) is 0 Å². The molecule has 0 aromatic heterocycles. The Morgan fingerprint density at radius 3 is 0.889 bits per heavy atom. The summed E-state index contributed by atoms with van der Waals surface area (Å²) in [4.78, 5) is 0. The molecule has 27 heavy (non-hydrogen) atoms. The third-order valence-electron chi connectivity index (χ3n) is 2.78. The van der Waals surface area contributed by atoms with Crippen LogP contribution in [0.25, 0.3) is 0 Å². The Labute approximate surface area is 175 Å². The second kappa shape index (κ2) is 44.1. The molecule has 0 spiro atoms. The molecule has 0 atom stereocenters. The van der Waals surface area contributed by atoms with Gasteiger partial charge in [0.05, 0.1) is 0 Å². The fraction of sp³-hybridized carbons (Fsp3) is 0.556. The first-order valence-corrected chi connectivity index (χ1v) is 10.3. The van der Waals surface area contributed by atoms with E-state index in [1.54, 1.807) is 0 Å². The molecule has 0 saturated carbocycles. The van der Waals surface area contributed by atoms with E-state index in [9.17, 15) is 0 Å². The van der Waals surface area contributed by atoms with Gasteiger partial charge in [-0.2, -0.15) is 0 Å². The van der Waals surface area contributed by atoms with Gasteiger partial charge in [0.1, 0.15) is 0 Å². The highest BCUT2D eigenvalue weighted by Crippen LogP contribution is 2.16. The van der Waals surface area contributed by atoms with E-state index in [4.69, 9.17) is 0 Å². The van der Waals surface area contributed by atoms with Crippen LogP contribution in [0.5, 0.6) is 0 Å². The molecule has 162 valence electrons. The molecule has 0 amide bonds. The monoisotopic (exact) mass is 378 g/mol. The molecule has 3 rings (SSSR count). The second-order valence-electron chi connectivity index (χ2n) is 4.25. The summed E-state index contributed by atoms with van der Waals surface area (Å²) < 4.78 is 0. The fourth-order valence-corrected chi connectivity index (χ4v) is 1.50. The van der Waals surface area contributed by atoms with Gasteiger partial charge in [0.15, 0.2) is 0 Å². The molecule has 0 radical (unpaired) electrons. The molecule has 0 bridgehead atoms. The highest BCUT2D eigenvalue weighted by Gasteiger charge is 1.95. The maximum Gasteiger partial charge on any atom is -0.0133 e. The van der Waals surface area contributed by atoms with Crippen LogP contribution in [0.4, 0.5) is 0 Å². The van der Waals surface area contributed by atoms with Crippen LogP contribution < -0.4 is 0 Å². The van der Waals surface area contributed by atoms with Crippen molar-refractivity contribution in [2.24, 2.45) is 0 Å². The summed E-state index contributed by atoms with van der Waals surface area (Å²) in [6, 6.07) is 0. The molecule has 0 N–H and O–H groups in total. The Morgan fingerprint density at radius 2 is 0.815 bits per heavy atom. The molecule has 0 heteroatoms. The number of allylic oxidation sites excluding steroid dienone is 12. The normalized spacial score (nSPS) is 12.4. The number of hydrogen-bond donors (Lipinski definition) is 0. The average molecular weight is 379 g/mol. The molecular formula is C27H54. The first kappa shape index (κ1) is 40.2. The Balaban J connectivity index is -0.0000000506. The van der Waals surface area contributed by atoms with Crippen molar-refractivity contribution in [3.05, 3.63) is 71.9 Å². The van der Waals surface area contributed by atoms with Gasteiger partial charge in [-0.1, -0.05) is 142 Å². The van der Waals surface area contributed by atoms with Gasteiger partial charge >= 0.3 is 0 Å². The van der Waals surface area contributed by atoms with Gasteiger partial charge in [-0.15, -0.1) is 0 Å². The summed E-state index contributed by atoms with van der Waals surface area (Å²) in [7, 11) is 0. The molecule has 3 aliphatic carbocycles. The van der Waals surface area contributed by atoms with E-state index in [1.165, 1.54) is 17.6 Å². The molecule has 0 fully saturated rings. The predicted octanol–water partition coefficient (Wildman–Crippen LogP) is 10.7. The lowest BCUT2D eigenvalue weighted by Crippen LogP contribution is -1.67. The summed E-state index contributed by atoms with van der Waals surface area (Å²) in [6.07, 6.45) is 24.5. The number of hydrogen-bond acceptors (Lipinski definition) is 0. The average Bonchev–Trinajstić information content (AvgIpc) is 3.50. The molecule has 0 aromatic rings. The van der Waals surface area contributed by atoms with Gasteiger partial charge in [-0.3, -0.25) is 0 Å². The highest BCUT2D eigenvalue weighted by atomic mass is 14.0. The third-order valence-corrected chi connectivity index (χ3v) is 2.78. The summed E-state index contributed by atoms with van der Waals surface area (Å²) in [6.45, 7) is 20.3. The van der Waals surface area contributed by atoms with Crippen molar-refractivity contribution in [2.45, 2.75) is 103 Å². The van der Waals surface area contributed by atoms with Crippen LogP contribution in [-0.4, -0.2) is 0 Å². The van der Waals surface area contributed by atoms with Crippen LogP contribution in [0.1, 0.15) is 103 Å². The maximum atomic E-state index is 2.20. The molecule has 0 unspecified atom stereocenters. The smallest absolute Gasteiger partial charge is 0.0133 e. The van der Waals surface area contributed by atoms with E-state index >= 15 is 0 Å². The maximum absolute atomic E-state index is 2.20. The standard InChI is InChI=1S/C7H10.2C5H6.4C2H6.2CH4/c1-6-4-3-5-7(6)2;2*1-2-4-5-3-1;4*1-2;;/h3-4H,5H2,1-2H3;2*1-4H,5H2;4*1-2H3;2*1H4. The molecular weight excluding hydrogens is 324 g/mol. The first-order valence-electron chi connectivity index (χ1n) is 10.3. The fourth-order valence-electron chi connectivity index (χ4n) is 1.50. The van der Waals surface area contributed by atoms with E-state index in [0.717, 1.165) is 12.8 Å². The third kappa shape index (κ3) is 36.2. The van der Waals surface area contributed by atoms with E-state index in [2.05, 4.69) is 74.6 Å². The van der Waals surface area contributed by atoms with E-state index < -0.39 is 0 Å². The lowest BCUT2D eigenvalue weighted by atomic mass is 10.2. The van der Waals surface area contributed by atoms with Crippen molar-refractivity contribution >= 4 is 0 Å². The SMILES string of the molecule is C.C.C1=CCC=C1.C1=CCC=C1.CC.CC.CC.CC.CC1=C(C)CC=C1. The summed E-state index contributed by atoms with van der Waals surface area (Å²) in [5, 5.41) is 0. The predicted molar refractivity (Wildman–Crippen MR) is 137 cm³/mol. The second-order valence-corrected chi connectivity index (χ2v) is 4.25. The minimum Gasteiger partial charge on any atom is -0.0808 e. The Hall–Kier alpha value is -1.56. The van der Waals surface area contributed by atoms with Crippen LogP contribution in [0.3, 0.4) is 0 Å². The summed E-state index contributed by atoms with van der Waals surface area (Å²) >= 11 is 0. The molecule has 0 aromatic carbocycles. The lowest BCUT2D eigenvalue weighted by Gasteiger charge is -1.87. The zero-order chi connectivity index (χ0) is 20.3. The Morgan fingerprint density at radius 1 is 0.519 bits per heavy atom. The largest absolute Gasteiger partial charge is 0.0808 e. The molecule has 0 aliphatic heterocycles. The number of rotatable bonds is 0. The van der Waals surface area contributed by atoms with Gasteiger partial charge in [0, 0.05) is 0 Å². The molecule has 0 nitrogen and oxygen atoms in total. The zero-order valence-electron chi connectivity index (χ0n) is 18.9. The van der Waals surface area contributed by atoms with Crippen LogP contribution in [0.2, 0.25) is 0 Å². The van der Waals surface area contributed by atoms with E-state index in [1.807, 2.05) is 55.4 Å². The van der Waals surface area contributed by atoms with Gasteiger partial charge < -0.3 is 0 Å². The van der Waals surface area contributed by atoms with Crippen LogP contribution in [0.15, 0.2) is 71.9 Å². The van der Waals surface area contributed by atoms with Crippen molar-refractivity contribution in [2.75, 3.05) is 0 Å². The van der Waals surface area contributed by atoms with Crippen molar-refractivity contribution in [1.29, 1.82) is 0 Å². The Kier molecular flexibility index (Phi) is 65.7. The van der Waals surface area contributed by atoms with E-state index in [-0.39, 0.29) is 14.9 Å². The van der Waals surface area contributed by atoms with Crippen molar-refractivity contribution in [3.63, 3.8) is 0 Å². The first-order chi connectivity index (χ1) is 12.3. The molecule has 0 saturated heterocycles. The van der Waals surface area contributed by atoms with Crippen molar-refractivity contribution < 1.29 is 0 Å². The van der Waals surface area contributed by atoms with Gasteiger partial charge in [-0.05, 0) is 33.1 Å².